The Morgan fingerprint density at radius 3 is 2.57 bits per heavy atom. The van der Waals surface area contributed by atoms with Gasteiger partial charge in [0, 0.05) is 18.5 Å². The number of anilines is 1. The van der Waals surface area contributed by atoms with Gasteiger partial charge in [-0.3, -0.25) is 9.59 Å². The fraction of sp³-hybridized carbons (Fsp3) is 0.211. The number of hydrogen-bond donors (Lipinski definition) is 3. The zero-order chi connectivity index (χ0) is 20.1. The van der Waals surface area contributed by atoms with Crippen molar-refractivity contribution in [2.45, 2.75) is 19.0 Å². The Labute approximate surface area is 158 Å². The van der Waals surface area contributed by atoms with E-state index in [9.17, 15) is 22.8 Å². The number of fused-ring (bicyclic) bond motifs is 1. The number of carbonyl (C=O) groups excluding carboxylic acids is 2. The monoisotopic (exact) mass is 390 g/mol. The number of para-hydroxylation sites is 2. The number of halogens is 3. The molecule has 0 atom stereocenters. The summed E-state index contributed by atoms with van der Waals surface area (Å²) in [6.45, 7) is -0.338. The van der Waals surface area contributed by atoms with Gasteiger partial charge < -0.3 is 15.6 Å². The minimum Gasteiger partial charge on any atom is -0.347 e. The van der Waals surface area contributed by atoms with Crippen molar-refractivity contribution in [2.75, 3.05) is 11.9 Å². The smallest absolute Gasteiger partial charge is 0.347 e. The molecule has 0 aliphatic heterocycles. The molecule has 3 N–H and O–H groups in total. The van der Waals surface area contributed by atoms with E-state index < -0.39 is 17.6 Å². The molecule has 0 bridgehead atoms. The zero-order valence-corrected chi connectivity index (χ0v) is 14.6. The van der Waals surface area contributed by atoms with Crippen LogP contribution in [0.4, 0.5) is 18.9 Å². The van der Waals surface area contributed by atoms with Crippen LogP contribution in [0.2, 0.25) is 0 Å². The molecule has 0 aliphatic rings. The van der Waals surface area contributed by atoms with E-state index in [1.165, 1.54) is 12.1 Å². The summed E-state index contributed by atoms with van der Waals surface area (Å²) in [5.74, 6) is -0.319. The lowest BCUT2D eigenvalue weighted by molar-refractivity contribution is -0.137. The summed E-state index contributed by atoms with van der Waals surface area (Å²) in [5, 5.41) is 4.77. The summed E-state index contributed by atoms with van der Waals surface area (Å²) in [7, 11) is 0. The lowest BCUT2D eigenvalue weighted by Crippen LogP contribution is -2.33. The highest BCUT2D eigenvalue weighted by Crippen LogP contribution is 2.30. The molecular formula is C19H17F3N4O2. The van der Waals surface area contributed by atoms with E-state index in [-0.39, 0.29) is 24.6 Å². The SMILES string of the molecule is O=C(CCc1nc2ccccc2[nH]1)NCC(=O)Nc1cccc(C(F)(F)F)c1. The van der Waals surface area contributed by atoms with Gasteiger partial charge in [0.2, 0.25) is 11.8 Å². The van der Waals surface area contributed by atoms with Gasteiger partial charge in [-0.15, -0.1) is 0 Å². The molecule has 28 heavy (non-hydrogen) atoms. The number of carbonyl (C=O) groups is 2. The minimum atomic E-state index is -4.49. The van der Waals surface area contributed by atoms with Crippen molar-refractivity contribution in [1.29, 1.82) is 0 Å². The van der Waals surface area contributed by atoms with Crippen LogP contribution in [0.5, 0.6) is 0 Å². The largest absolute Gasteiger partial charge is 0.416 e. The average Bonchev–Trinajstić information content (AvgIpc) is 3.07. The van der Waals surface area contributed by atoms with E-state index in [1.807, 2.05) is 24.3 Å². The van der Waals surface area contributed by atoms with E-state index >= 15 is 0 Å². The van der Waals surface area contributed by atoms with Crippen molar-refractivity contribution in [3.63, 3.8) is 0 Å². The molecule has 0 aliphatic carbocycles. The molecule has 0 saturated heterocycles. The molecule has 0 saturated carbocycles. The fourth-order valence-electron chi connectivity index (χ4n) is 2.60. The van der Waals surface area contributed by atoms with Gasteiger partial charge in [0.1, 0.15) is 5.82 Å². The second-order valence-electron chi connectivity index (χ2n) is 6.10. The van der Waals surface area contributed by atoms with Gasteiger partial charge in [0.05, 0.1) is 23.1 Å². The lowest BCUT2D eigenvalue weighted by atomic mass is 10.2. The summed E-state index contributed by atoms with van der Waals surface area (Å²) >= 11 is 0. The van der Waals surface area contributed by atoms with E-state index in [1.54, 1.807) is 0 Å². The topological polar surface area (TPSA) is 86.9 Å². The maximum Gasteiger partial charge on any atom is 0.416 e. The van der Waals surface area contributed by atoms with Crippen molar-refractivity contribution >= 4 is 28.5 Å². The van der Waals surface area contributed by atoms with Crippen LogP contribution in [0.25, 0.3) is 11.0 Å². The predicted molar refractivity (Wildman–Crippen MR) is 97.5 cm³/mol. The molecule has 6 nitrogen and oxygen atoms in total. The van der Waals surface area contributed by atoms with Crippen molar-refractivity contribution in [3.8, 4) is 0 Å². The average molecular weight is 390 g/mol. The number of nitrogens with zero attached hydrogens (tertiary/aromatic N) is 1. The quantitative estimate of drug-likeness (QED) is 0.604. The first-order valence-corrected chi connectivity index (χ1v) is 8.49. The molecule has 1 heterocycles. The number of H-pyrrole nitrogens is 1. The number of alkyl halides is 3. The summed E-state index contributed by atoms with van der Waals surface area (Å²) in [6, 6.07) is 11.8. The Morgan fingerprint density at radius 1 is 1.04 bits per heavy atom. The third-order valence-electron chi connectivity index (χ3n) is 3.95. The maximum atomic E-state index is 12.7. The molecule has 0 fully saturated rings. The van der Waals surface area contributed by atoms with E-state index in [2.05, 4.69) is 20.6 Å². The van der Waals surface area contributed by atoms with Crippen LogP contribution in [0, 0.1) is 0 Å². The number of hydrogen-bond acceptors (Lipinski definition) is 3. The number of amides is 2. The molecule has 3 aromatic rings. The van der Waals surface area contributed by atoms with Gasteiger partial charge >= 0.3 is 6.18 Å². The Kier molecular flexibility index (Phi) is 5.62. The number of benzene rings is 2. The first kappa shape index (κ1) is 19.4. The number of imidazole rings is 1. The second-order valence-corrected chi connectivity index (χ2v) is 6.10. The van der Waals surface area contributed by atoms with Crippen molar-refractivity contribution < 1.29 is 22.8 Å². The molecule has 3 rings (SSSR count). The third-order valence-corrected chi connectivity index (χ3v) is 3.95. The number of rotatable bonds is 6. The Morgan fingerprint density at radius 2 is 1.82 bits per heavy atom. The van der Waals surface area contributed by atoms with Crippen LogP contribution in [-0.4, -0.2) is 28.3 Å². The van der Waals surface area contributed by atoms with Gasteiger partial charge in [-0.05, 0) is 30.3 Å². The Balaban J connectivity index is 1.46. The number of aromatic amines is 1. The molecule has 0 radical (unpaired) electrons. The number of aromatic nitrogens is 2. The van der Waals surface area contributed by atoms with Gasteiger partial charge in [-0.2, -0.15) is 13.2 Å². The minimum absolute atomic E-state index is 0.0105. The fourth-order valence-corrected chi connectivity index (χ4v) is 2.60. The Bertz CT molecular complexity index is 965. The van der Waals surface area contributed by atoms with Gasteiger partial charge in [0.25, 0.3) is 0 Å². The molecule has 2 amide bonds. The second kappa shape index (κ2) is 8.12. The van der Waals surface area contributed by atoms with Crippen LogP contribution in [0.15, 0.2) is 48.5 Å². The van der Waals surface area contributed by atoms with E-state index in [4.69, 9.17) is 0 Å². The van der Waals surface area contributed by atoms with Crippen LogP contribution < -0.4 is 10.6 Å². The van der Waals surface area contributed by atoms with Crippen molar-refractivity contribution in [3.05, 3.63) is 59.9 Å². The van der Waals surface area contributed by atoms with Crippen LogP contribution in [0.3, 0.4) is 0 Å². The van der Waals surface area contributed by atoms with Gasteiger partial charge in [-0.25, -0.2) is 4.98 Å². The third kappa shape index (κ3) is 5.09. The predicted octanol–water partition coefficient (Wildman–Crippen LogP) is 3.27. The highest BCUT2D eigenvalue weighted by Gasteiger charge is 2.30. The highest BCUT2D eigenvalue weighted by molar-refractivity contribution is 5.94. The normalized spacial score (nSPS) is 11.4. The molecule has 0 unspecified atom stereocenters. The zero-order valence-electron chi connectivity index (χ0n) is 14.6. The number of nitrogens with one attached hydrogen (secondary N) is 3. The molecule has 0 spiro atoms. The van der Waals surface area contributed by atoms with Gasteiger partial charge in [-0.1, -0.05) is 18.2 Å². The van der Waals surface area contributed by atoms with Crippen LogP contribution >= 0.6 is 0 Å². The lowest BCUT2D eigenvalue weighted by Gasteiger charge is -2.10. The molecule has 2 aromatic carbocycles. The summed E-state index contributed by atoms with van der Waals surface area (Å²) in [6.07, 6.45) is -4.00. The summed E-state index contributed by atoms with van der Waals surface area (Å²) < 4.78 is 38.0. The Hall–Kier alpha value is -3.36. The summed E-state index contributed by atoms with van der Waals surface area (Å²) in [5.41, 5.74) is 0.827. The van der Waals surface area contributed by atoms with Crippen molar-refractivity contribution in [1.82, 2.24) is 15.3 Å². The van der Waals surface area contributed by atoms with Gasteiger partial charge in [0.15, 0.2) is 0 Å². The van der Waals surface area contributed by atoms with Crippen LogP contribution in [-0.2, 0) is 22.2 Å². The highest BCUT2D eigenvalue weighted by atomic mass is 19.4. The standard InChI is InChI=1S/C19H17F3N4O2/c20-19(21,22)12-4-3-5-13(10-12)24-18(28)11-23-17(27)9-8-16-25-14-6-1-2-7-15(14)26-16/h1-7,10H,8-9,11H2,(H,23,27)(H,24,28)(H,25,26). The van der Waals surface area contributed by atoms with E-state index in [0.29, 0.717) is 12.2 Å². The van der Waals surface area contributed by atoms with Crippen molar-refractivity contribution in [2.24, 2.45) is 0 Å². The summed E-state index contributed by atoms with van der Waals surface area (Å²) in [4.78, 5) is 31.2. The van der Waals surface area contributed by atoms with E-state index in [0.717, 1.165) is 23.2 Å². The first-order valence-electron chi connectivity index (χ1n) is 8.49. The maximum absolute atomic E-state index is 12.7. The number of aryl methyl sites for hydroxylation is 1. The van der Waals surface area contributed by atoms with Crippen LogP contribution in [0.1, 0.15) is 17.8 Å². The molecule has 9 heteroatoms. The molecule has 146 valence electrons. The molecular weight excluding hydrogens is 373 g/mol. The first-order chi connectivity index (χ1) is 13.3. The molecule has 1 aromatic heterocycles.